The summed E-state index contributed by atoms with van der Waals surface area (Å²) in [6.07, 6.45) is 6.00. The molecule has 23 heavy (non-hydrogen) atoms. The Morgan fingerprint density at radius 1 is 1.30 bits per heavy atom. The average molecular weight is 341 g/mol. The van der Waals surface area contributed by atoms with Gasteiger partial charge in [-0.25, -0.2) is 4.98 Å². The van der Waals surface area contributed by atoms with Crippen LogP contribution in [0.15, 0.2) is 12.4 Å². The number of rotatable bonds is 7. The summed E-state index contributed by atoms with van der Waals surface area (Å²) in [5.74, 6) is 1.05. The van der Waals surface area contributed by atoms with Gasteiger partial charge in [0.25, 0.3) is 10.2 Å². The molecule has 1 aromatic rings. The lowest BCUT2D eigenvalue weighted by atomic mass is 9.94. The van der Waals surface area contributed by atoms with Crippen molar-refractivity contribution < 1.29 is 8.42 Å². The summed E-state index contributed by atoms with van der Waals surface area (Å²) >= 11 is 0. The van der Waals surface area contributed by atoms with Gasteiger partial charge in [0.2, 0.25) is 0 Å². The van der Waals surface area contributed by atoms with Crippen molar-refractivity contribution in [2.45, 2.75) is 33.1 Å². The normalized spacial score (nSPS) is 19.9. The summed E-state index contributed by atoms with van der Waals surface area (Å²) in [6.45, 7) is 5.93. The molecule has 130 valence electrons. The standard InChI is InChI=1S/C15H27N5O2S/c1-4-19(5-2)23(21,22)20-10-6-7-13(12-20)11-14-15(16-3)18-9-8-17-14/h8-9,13H,4-7,10-12H2,1-3H3,(H,16,18)/t13-/m1/s1. The minimum absolute atomic E-state index is 0.276. The molecule has 0 saturated carbocycles. The zero-order valence-electron chi connectivity index (χ0n) is 14.2. The van der Waals surface area contributed by atoms with E-state index >= 15 is 0 Å². The first kappa shape index (κ1) is 18.1. The van der Waals surface area contributed by atoms with E-state index in [1.165, 1.54) is 4.31 Å². The minimum Gasteiger partial charge on any atom is -0.372 e. The summed E-state index contributed by atoms with van der Waals surface area (Å²) in [5, 5.41) is 3.05. The van der Waals surface area contributed by atoms with Crippen molar-refractivity contribution in [1.82, 2.24) is 18.6 Å². The molecule has 0 bridgehead atoms. The second kappa shape index (κ2) is 8.03. The van der Waals surface area contributed by atoms with Crippen LogP contribution < -0.4 is 5.32 Å². The molecule has 0 radical (unpaired) electrons. The Bertz CT molecular complexity index is 604. The lowest BCUT2D eigenvalue weighted by molar-refractivity contribution is 0.247. The fraction of sp³-hybridized carbons (Fsp3) is 0.733. The van der Waals surface area contributed by atoms with Crippen LogP contribution in [0.4, 0.5) is 5.82 Å². The Labute approximate surface area is 139 Å². The van der Waals surface area contributed by atoms with Crippen LogP contribution in [0.25, 0.3) is 0 Å². The Hall–Kier alpha value is -1.25. The molecule has 1 fully saturated rings. The molecule has 1 atom stereocenters. The van der Waals surface area contributed by atoms with Crippen molar-refractivity contribution in [3.8, 4) is 0 Å². The number of piperidine rings is 1. The predicted octanol–water partition coefficient (Wildman–Crippen LogP) is 1.36. The van der Waals surface area contributed by atoms with Crippen molar-refractivity contribution in [2.75, 3.05) is 38.5 Å². The highest BCUT2D eigenvalue weighted by Gasteiger charge is 2.32. The molecule has 0 aromatic carbocycles. The molecule has 0 aliphatic carbocycles. The van der Waals surface area contributed by atoms with Gasteiger partial charge in [0, 0.05) is 45.6 Å². The van der Waals surface area contributed by atoms with E-state index in [-0.39, 0.29) is 5.92 Å². The Kier molecular flexibility index (Phi) is 6.32. The van der Waals surface area contributed by atoms with E-state index in [0.717, 1.165) is 30.8 Å². The fourth-order valence-electron chi connectivity index (χ4n) is 3.11. The third-order valence-corrected chi connectivity index (χ3v) is 6.49. The number of anilines is 1. The van der Waals surface area contributed by atoms with Gasteiger partial charge in [-0.15, -0.1) is 0 Å². The van der Waals surface area contributed by atoms with E-state index in [2.05, 4.69) is 15.3 Å². The molecule has 1 aromatic heterocycles. The van der Waals surface area contributed by atoms with Crippen LogP contribution >= 0.6 is 0 Å². The Morgan fingerprint density at radius 2 is 2.00 bits per heavy atom. The second-order valence-electron chi connectivity index (χ2n) is 5.76. The van der Waals surface area contributed by atoms with Crippen LogP contribution in [0, 0.1) is 5.92 Å². The van der Waals surface area contributed by atoms with Gasteiger partial charge in [0.1, 0.15) is 5.82 Å². The van der Waals surface area contributed by atoms with E-state index in [9.17, 15) is 8.42 Å². The summed E-state index contributed by atoms with van der Waals surface area (Å²) in [6, 6.07) is 0. The van der Waals surface area contributed by atoms with Crippen molar-refractivity contribution in [3.05, 3.63) is 18.1 Å². The van der Waals surface area contributed by atoms with Crippen molar-refractivity contribution in [2.24, 2.45) is 5.92 Å². The zero-order valence-corrected chi connectivity index (χ0v) is 15.0. The van der Waals surface area contributed by atoms with Gasteiger partial charge in [-0.1, -0.05) is 13.8 Å². The number of hydrogen-bond acceptors (Lipinski definition) is 5. The molecule has 0 spiro atoms. The highest BCUT2D eigenvalue weighted by atomic mass is 32.2. The van der Waals surface area contributed by atoms with Crippen LogP contribution in [0.1, 0.15) is 32.4 Å². The molecular formula is C15H27N5O2S. The molecule has 0 amide bonds. The van der Waals surface area contributed by atoms with Crippen LogP contribution in [0.2, 0.25) is 0 Å². The van der Waals surface area contributed by atoms with Crippen LogP contribution in [0.5, 0.6) is 0 Å². The van der Waals surface area contributed by atoms with Gasteiger partial charge >= 0.3 is 0 Å². The predicted molar refractivity (Wildman–Crippen MR) is 91.4 cm³/mol. The molecule has 1 saturated heterocycles. The van der Waals surface area contributed by atoms with E-state index in [1.54, 1.807) is 16.7 Å². The van der Waals surface area contributed by atoms with E-state index in [1.807, 2.05) is 20.9 Å². The van der Waals surface area contributed by atoms with Gasteiger partial charge in [-0.05, 0) is 25.2 Å². The van der Waals surface area contributed by atoms with Gasteiger partial charge in [0.05, 0.1) is 5.69 Å². The minimum atomic E-state index is -3.35. The Balaban J connectivity index is 2.09. The summed E-state index contributed by atoms with van der Waals surface area (Å²) < 4.78 is 28.5. The van der Waals surface area contributed by atoms with Gasteiger partial charge in [0.15, 0.2) is 0 Å². The maximum absolute atomic E-state index is 12.7. The number of nitrogens with one attached hydrogen (secondary N) is 1. The molecule has 1 N–H and O–H groups in total. The van der Waals surface area contributed by atoms with Gasteiger partial charge < -0.3 is 5.32 Å². The Morgan fingerprint density at radius 3 is 2.65 bits per heavy atom. The van der Waals surface area contributed by atoms with Gasteiger partial charge in [-0.3, -0.25) is 4.98 Å². The first-order valence-electron chi connectivity index (χ1n) is 8.25. The molecule has 2 heterocycles. The van der Waals surface area contributed by atoms with Crippen LogP contribution in [-0.2, 0) is 16.6 Å². The van der Waals surface area contributed by atoms with Crippen molar-refractivity contribution >= 4 is 16.0 Å². The molecule has 8 heteroatoms. The molecular weight excluding hydrogens is 314 g/mol. The molecule has 7 nitrogen and oxygen atoms in total. The molecule has 2 rings (SSSR count). The molecule has 0 unspecified atom stereocenters. The highest BCUT2D eigenvalue weighted by molar-refractivity contribution is 7.86. The third-order valence-electron chi connectivity index (χ3n) is 4.33. The van der Waals surface area contributed by atoms with Crippen LogP contribution in [0.3, 0.4) is 0 Å². The van der Waals surface area contributed by atoms with Crippen molar-refractivity contribution in [3.63, 3.8) is 0 Å². The maximum Gasteiger partial charge on any atom is 0.281 e. The SMILES string of the molecule is CCN(CC)S(=O)(=O)N1CCC[C@H](Cc2nccnc2NC)C1. The number of nitrogens with zero attached hydrogens (tertiary/aromatic N) is 4. The second-order valence-corrected chi connectivity index (χ2v) is 7.69. The first-order chi connectivity index (χ1) is 11.0. The van der Waals surface area contributed by atoms with E-state index in [0.29, 0.717) is 26.2 Å². The highest BCUT2D eigenvalue weighted by Crippen LogP contribution is 2.25. The summed E-state index contributed by atoms with van der Waals surface area (Å²) in [4.78, 5) is 8.67. The maximum atomic E-state index is 12.7. The smallest absolute Gasteiger partial charge is 0.281 e. The number of aromatic nitrogens is 2. The first-order valence-corrected chi connectivity index (χ1v) is 9.65. The van der Waals surface area contributed by atoms with Gasteiger partial charge in [-0.2, -0.15) is 17.0 Å². The lowest BCUT2D eigenvalue weighted by Gasteiger charge is -2.35. The fourth-order valence-corrected chi connectivity index (χ4v) is 4.85. The summed E-state index contributed by atoms with van der Waals surface area (Å²) in [7, 11) is -1.53. The monoisotopic (exact) mass is 341 g/mol. The van der Waals surface area contributed by atoms with Crippen LogP contribution in [-0.4, -0.2) is 60.2 Å². The lowest BCUT2D eigenvalue weighted by Crippen LogP contribution is -2.48. The van der Waals surface area contributed by atoms with E-state index in [4.69, 9.17) is 0 Å². The third kappa shape index (κ3) is 4.19. The topological polar surface area (TPSA) is 78.4 Å². The molecule has 1 aliphatic rings. The quantitative estimate of drug-likeness (QED) is 0.810. The zero-order chi connectivity index (χ0) is 16.9. The number of hydrogen-bond donors (Lipinski definition) is 1. The molecule has 1 aliphatic heterocycles. The largest absolute Gasteiger partial charge is 0.372 e. The average Bonchev–Trinajstić information content (AvgIpc) is 2.56. The summed E-state index contributed by atoms with van der Waals surface area (Å²) in [5.41, 5.74) is 0.905. The van der Waals surface area contributed by atoms with E-state index < -0.39 is 10.2 Å². The van der Waals surface area contributed by atoms with Crippen molar-refractivity contribution in [1.29, 1.82) is 0 Å².